The van der Waals surface area contributed by atoms with E-state index in [9.17, 15) is 0 Å². The molecular weight excluding hydrogens is 202 g/mol. The molecule has 1 saturated carbocycles. The van der Waals surface area contributed by atoms with E-state index in [0.717, 1.165) is 25.9 Å². The Labute approximate surface area is 99.6 Å². The zero-order chi connectivity index (χ0) is 12.2. The van der Waals surface area contributed by atoms with Gasteiger partial charge in [-0.2, -0.15) is 0 Å². The third kappa shape index (κ3) is 2.41. The van der Waals surface area contributed by atoms with Gasteiger partial charge in [0.15, 0.2) is 0 Å². The number of nitrogens with one attached hydrogen (secondary N) is 1. The molecule has 0 aromatic rings. The lowest BCUT2D eigenvalue weighted by Crippen LogP contribution is -2.65. The summed E-state index contributed by atoms with van der Waals surface area (Å²) in [5, 5.41) is 12.6. The maximum atomic E-state index is 9.09. The molecule has 0 aliphatic heterocycles. The lowest BCUT2D eigenvalue weighted by molar-refractivity contribution is -0.140. The van der Waals surface area contributed by atoms with E-state index in [1.807, 2.05) is 6.92 Å². The molecule has 3 heteroatoms. The monoisotopic (exact) mass is 229 g/mol. The maximum absolute atomic E-state index is 9.09. The molecule has 0 aromatic carbocycles. The van der Waals surface area contributed by atoms with Crippen LogP contribution < -0.4 is 5.32 Å². The summed E-state index contributed by atoms with van der Waals surface area (Å²) >= 11 is 0. The summed E-state index contributed by atoms with van der Waals surface area (Å²) in [6, 6.07) is 0.686. The number of aliphatic hydroxyl groups is 1. The van der Waals surface area contributed by atoms with Crippen LogP contribution in [0.5, 0.6) is 0 Å². The van der Waals surface area contributed by atoms with Crippen LogP contribution in [0.2, 0.25) is 0 Å². The van der Waals surface area contributed by atoms with Crippen LogP contribution in [-0.2, 0) is 4.74 Å². The topological polar surface area (TPSA) is 41.5 Å². The maximum Gasteiger partial charge on any atom is 0.0660 e. The summed E-state index contributed by atoms with van der Waals surface area (Å²) in [6.07, 6.45) is 3.77. The number of ether oxygens (including phenoxy) is 1. The summed E-state index contributed by atoms with van der Waals surface area (Å²) in [7, 11) is 0. The van der Waals surface area contributed by atoms with Crippen LogP contribution in [-0.4, -0.2) is 36.5 Å². The van der Waals surface area contributed by atoms with Crippen LogP contribution in [0.15, 0.2) is 0 Å². The molecule has 0 bridgehead atoms. The quantitative estimate of drug-likeness (QED) is 0.701. The Balaban J connectivity index is 2.60. The van der Waals surface area contributed by atoms with Crippen molar-refractivity contribution in [1.82, 2.24) is 5.32 Å². The second-order valence-corrected chi connectivity index (χ2v) is 4.92. The molecule has 1 aliphatic rings. The van der Waals surface area contributed by atoms with Crippen molar-refractivity contribution in [3.05, 3.63) is 0 Å². The molecule has 0 saturated heterocycles. The number of aliphatic hydroxyl groups excluding tert-OH is 1. The minimum Gasteiger partial charge on any atom is -0.395 e. The molecule has 2 N–H and O–H groups in total. The molecule has 3 nitrogen and oxygen atoms in total. The smallest absolute Gasteiger partial charge is 0.0660 e. The Morgan fingerprint density at radius 2 is 2.00 bits per heavy atom. The molecule has 0 spiro atoms. The van der Waals surface area contributed by atoms with Crippen LogP contribution in [0.1, 0.15) is 47.0 Å². The molecule has 1 aliphatic carbocycles. The average molecular weight is 229 g/mol. The predicted octanol–water partition coefficient (Wildman–Crippen LogP) is 1.94. The highest BCUT2D eigenvalue weighted by molar-refractivity contribution is 5.07. The van der Waals surface area contributed by atoms with Crippen molar-refractivity contribution >= 4 is 0 Å². The minimum atomic E-state index is 0.185. The molecule has 96 valence electrons. The molecule has 16 heavy (non-hydrogen) atoms. The summed E-state index contributed by atoms with van der Waals surface area (Å²) in [5.74, 6) is 0. The van der Waals surface area contributed by atoms with Gasteiger partial charge in [0.05, 0.1) is 12.7 Å². The third-order valence-electron chi connectivity index (χ3n) is 4.23. The normalized spacial score (nSPS) is 29.8. The van der Waals surface area contributed by atoms with Gasteiger partial charge >= 0.3 is 0 Å². The van der Waals surface area contributed by atoms with E-state index in [-0.39, 0.29) is 18.1 Å². The number of hydrogen-bond acceptors (Lipinski definition) is 3. The Hall–Kier alpha value is -0.120. The van der Waals surface area contributed by atoms with Crippen LogP contribution >= 0.6 is 0 Å². The fourth-order valence-corrected chi connectivity index (χ4v) is 3.01. The van der Waals surface area contributed by atoms with Crippen molar-refractivity contribution in [2.45, 2.75) is 65.1 Å². The Morgan fingerprint density at radius 1 is 1.38 bits per heavy atom. The SMILES string of the molecule is CCOC1CC(NC(C)CO)C1(CC)CC. The molecule has 3 atom stereocenters. The lowest BCUT2D eigenvalue weighted by atomic mass is 9.58. The van der Waals surface area contributed by atoms with Crippen LogP contribution in [0, 0.1) is 5.41 Å². The van der Waals surface area contributed by atoms with Gasteiger partial charge in [-0.05, 0) is 33.1 Å². The van der Waals surface area contributed by atoms with Gasteiger partial charge in [-0.1, -0.05) is 13.8 Å². The largest absolute Gasteiger partial charge is 0.395 e. The van der Waals surface area contributed by atoms with Crippen molar-refractivity contribution < 1.29 is 9.84 Å². The van der Waals surface area contributed by atoms with E-state index in [1.165, 1.54) is 0 Å². The first-order chi connectivity index (χ1) is 7.64. The fourth-order valence-electron chi connectivity index (χ4n) is 3.01. The van der Waals surface area contributed by atoms with Gasteiger partial charge < -0.3 is 15.2 Å². The molecule has 0 heterocycles. The van der Waals surface area contributed by atoms with Crippen LogP contribution in [0.25, 0.3) is 0 Å². The first-order valence-electron chi connectivity index (χ1n) is 6.63. The first kappa shape index (κ1) is 13.9. The Kier molecular flexibility index (Phi) is 5.22. The Bertz CT molecular complexity index is 204. The van der Waals surface area contributed by atoms with E-state index >= 15 is 0 Å². The van der Waals surface area contributed by atoms with Gasteiger partial charge in [0, 0.05) is 24.1 Å². The highest BCUT2D eigenvalue weighted by atomic mass is 16.5. The van der Waals surface area contributed by atoms with E-state index < -0.39 is 0 Å². The molecule has 0 amide bonds. The summed E-state index contributed by atoms with van der Waals surface area (Å²) in [5.41, 5.74) is 0.277. The molecule has 1 fully saturated rings. The predicted molar refractivity (Wildman–Crippen MR) is 66.5 cm³/mol. The van der Waals surface area contributed by atoms with Crippen molar-refractivity contribution in [3.63, 3.8) is 0 Å². The van der Waals surface area contributed by atoms with Gasteiger partial charge in [0.1, 0.15) is 0 Å². The van der Waals surface area contributed by atoms with Gasteiger partial charge in [-0.3, -0.25) is 0 Å². The van der Waals surface area contributed by atoms with Crippen LogP contribution in [0.3, 0.4) is 0 Å². The second-order valence-electron chi connectivity index (χ2n) is 4.92. The first-order valence-corrected chi connectivity index (χ1v) is 6.63. The van der Waals surface area contributed by atoms with Crippen molar-refractivity contribution in [1.29, 1.82) is 0 Å². The zero-order valence-electron chi connectivity index (χ0n) is 11.1. The van der Waals surface area contributed by atoms with E-state index in [1.54, 1.807) is 0 Å². The van der Waals surface area contributed by atoms with Gasteiger partial charge in [-0.25, -0.2) is 0 Å². The van der Waals surface area contributed by atoms with E-state index in [0.29, 0.717) is 12.1 Å². The number of hydrogen-bond donors (Lipinski definition) is 2. The number of rotatable bonds is 7. The molecule has 0 aromatic heterocycles. The third-order valence-corrected chi connectivity index (χ3v) is 4.23. The molecule has 0 radical (unpaired) electrons. The molecular formula is C13H27NO2. The summed E-state index contributed by atoms with van der Waals surface area (Å²) < 4.78 is 5.82. The second kappa shape index (κ2) is 5.99. The minimum absolute atomic E-state index is 0.185. The van der Waals surface area contributed by atoms with Crippen molar-refractivity contribution in [2.24, 2.45) is 5.41 Å². The summed E-state index contributed by atoms with van der Waals surface area (Å²) in [4.78, 5) is 0. The van der Waals surface area contributed by atoms with E-state index in [4.69, 9.17) is 9.84 Å². The lowest BCUT2D eigenvalue weighted by Gasteiger charge is -2.56. The fraction of sp³-hybridized carbons (Fsp3) is 1.00. The van der Waals surface area contributed by atoms with Crippen molar-refractivity contribution in [3.8, 4) is 0 Å². The summed E-state index contributed by atoms with van der Waals surface area (Å²) in [6.45, 7) is 9.59. The highest BCUT2D eigenvalue weighted by Gasteiger charge is 2.53. The van der Waals surface area contributed by atoms with Crippen molar-refractivity contribution in [2.75, 3.05) is 13.2 Å². The zero-order valence-corrected chi connectivity index (χ0v) is 11.1. The standard InChI is InChI=1S/C13H27NO2/c1-5-13(6-2)11(14-10(4)9-15)8-12(13)16-7-3/h10-12,14-15H,5-9H2,1-4H3. The highest BCUT2D eigenvalue weighted by Crippen LogP contribution is 2.48. The van der Waals surface area contributed by atoms with Gasteiger partial charge in [-0.15, -0.1) is 0 Å². The molecule has 1 rings (SSSR count). The van der Waals surface area contributed by atoms with E-state index in [2.05, 4.69) is 26.1 Å². The average Bonchev–Trinajstić information content (AvgIpc) is 2.29. The van der Waals surface area contributed by atoms with Gasteiger partial charge in [0.25, 0.3) is 0 Å². The molecule has 3 unspecified atom stereocenters. The van der Waals surface area contributed by atoms with Gasteiger partial charge in [0.2, 0.25) is 0 Å². The van der Waals surface area contributed by atoms with Crippen LogP contribution in [0.4, 0.5) is 0 Å². The Morgan fingerprint density at radius 3 is 2.44 bits per heavy atom.